The monoisotopic (exact) mass is 383 g/mol. The average Bonchev–Trinajstić information content (AvgIpc) is 3.24. The molecule has 0 aliphatic carbocycles. The Kier molecular flexibility index (Phi) is 4.78. The van der Waals surface area contributed by atoms with E-state index in [1.54, 1.807) is 12.1 Å². The number of nitrogens with one attached hydrogen (secondary N) is 1. The summed E-state index contributed by atoms with van der Waals surface area (Å²) in [6.45, 7) is 4.53. The van der Waals surface area contributed by atoms with E-state index >= 15 is 0 Å². The third-order valence-electron chi connectivity index (χ3n) is 5.47. The van der Waals surface area contributed by atoms with Gasteiger partial charge in [-0.3, -0.25) is 0 Å². The Morgan fingerprint density at radius 3 is 2.56 bits per heavy atom. The molecule has 1 fully saturated rings. The summed E-state index contributed by atoms with van der Waals surface area (Å²) in [5.74, 6) is 1.02. The fourth-order valence-electron chi connectivity index (χ4n) is 3.83. The van der Waals surface area contributed by atoms with Gasteiger partial charge in [0.15, 0.2) is 9.84 Å². The molecule has 1 aromatic heterocycles. The highest BCUT2D eigenvalue weighted by Gasteiger charge is 2.20. The lowest BCUT2D eigenvalue weighted by Gasteiger charge is -2.19. The Morgan fingerprint density at radius 1 is 1.15 bits per heavy atom. The Bertz CT molecular complexity index is 1050. The Hall–Kier alpha value is -2.18. The third-order valence-corrected chi connectivity index (χ3v) is 6.60. The highest BCUT2D eigenvalue weighted by Crippen LogP contribution is 2.25. The van der Waals surface area contributed by atoms with Crippen molar-refractivity contribution in [2.75, 3.05) is 19.3 Å². The molecule has 0 spiro atoms. The number of benzene rings is 2. The van der Waals surface area contributed by atoms with Crippen LogP contribution in [0, 0.1) is 0 Å². The Labute approximate surface area is 160 Å². The summed E-state index contributed by atoms with van der Waals surface area (Å²) in [5, 5.41) is 0. The molecule has 0 bridgehead atoms. The van der Waals surface area contributed by atoms with Crippen molar-refractivity contribution >= 4 is 20.9 Å². The molecule has 1 atom stereocenters. The minimum atomic E-state index is -3.17. The zero-order chi connectivity index (χ0) is 19.0. The number of nitrogens with zero attached hydrogens (tertiary/aromatic N) is 2. The van der Waals surface area contributed by atoms with Crippen molar-refractivity contribution in [3.05, 3.63) is 48.3 Å². The third kappa shape index (κ3) is 3.92. The maximum atomic E-state index is 11.6. The molecule has 142 valence electrons. The number of rotatable bonds is 5. The molecule has 1 aliphatic rings. The number of likely N-dealkylation sites (tertiary alicyclic amines) is 1. The first-order valence-electron chi connectivity index (χ1n) is 9.43. The normalized spacial score (nSPS) is 18.4. The maximum absolute atomic E-state index is 11.6. The summed E-state index contributed by atoms with van der Waals surface area (Å²) in [7, 11) is -3.17. The van der Waals surface area contributed by atoms with Gasteiger partial charge in [-0.05, 0) is 61.7 Å². The van der Waals surface area contributed by atoms with Crippen LogP contribution in [0.15, 0.2) is 47.4 Å². The van der Waals surface area contributed by atoms with Crippen LogP contribution in [0.25, 0.3) is 22.2 Å². The second-order valence-corrected chi connectivity index (χ2v) is 9.50. The molecule has 3 aromatic rings. The predicted octanol–water partition coefficient (Wildman–Crippen LogP) is 3.66. The first kappa shape index (κ1) is 18.2. The van der Waals surface area contributed by atoms with E-state index in [4.69, 9.17) is 4.98 Å². The Morgan fingerprint density at radius 2 is 1.89 bits per heavy atom. The maximum Gasteiger partial charge on any atom is 0.175 e. The van der Waals surface area contributed by atoms with Gasteiger partial charge in [0.25, 0.3) is 0 Å². The molecular weight excluding hydrogens is 358 g/mol. The standard InChI is InChI=1S/C21H25N3O2S/c1-15-4-3-12-24(15)13-11-21-22-19-10-7-17(14-20(19)23-21)16-5-8-18(9-6-16)27(2,25)26/h5-10,14-15H,3-4,11-13H2,1-2H3,(H,22,23)/t15-/m1/s1. The van der Waals surface area contributed by atoms with Crippen molar-refractivity contribution in [2.45, 2.75) is 37.1 Å². The van der Waals surface area contributed by atoms with Crippen LogP contribution in [0.1, 0.15) is 25.6 Å². The highest BCUT2D eigenvalue weighted by atomic mass is 32.2. The van der Waals surface area contributed by atoms with Crippen LogP contribution in [0.3, 0.4) is 0 Å². The predicted molar refractivity (Wildman–Crippen MR) is 109 cm³/mol. The molecule has 2 aromatic carbocycles. The summed E-state index contributed by atoms with van der Waals surface area (Å²) in [6, 6.07) is 13.8. The van der Waals surface area contributed by atoms with E-state index in [9.17, 15) is 8.42 Å². The molecule has 1 N–H and O–H groups in total. The fraction of sp³-hybridized carbons (Fsp3) is 0.381. The van der Waals surface area contributed by atoms with E-state index in [0.29, 0.717) is 10.9 Å². The van der Waals surface area contributed by atoms with Gasteiger partial charge in [-0.15, -0.1) is 0 Å². The number of hydrogen-bond donors (Lipinski definition) is 1. The van der Waals surface area contributed by atoms with E-state index in [-0.39, 0.29) is 0 Å². The van der Waals surface area contributed by atoms with Gasteiger partial charge < -0.3 is 9.88 Å². The molecule has 4 rings (SSSR count). The van der Waals surface area contributed by atoms with Crippen molar-refractivity contribution in [3.63, 3.8) is 0 Å². The number of H-pyrrole nitrogens is 1. The molecule has 0 radical (unpaired) electrons. The van der Waals surface area contributed by atoms with Crippen LogP contribution in [0.2, 0.25) is 0 Å². The van der Waals surface area contributed by atoms with Gasteiger partial charge in [0.2, 0.25) is 0 Å². The van der Waals surface area contributed by atoms with Crippen molar-refractivity contribution in [2.24, 2.45) is 0 Å². The van der Waals surface area contributed by atoms with E-state index in [2.05, 4.69) is 22.9 Å². The van der Waals surface area contributed by atoms with Crippen LogP contribution in [0.5, 0.6) is 0 Å². The molecule has 0 saturated carbocycles. The number of fused-ring (bicyclic) bond motifs is 1. The van der Waals surface area contributed by atoms with Gasteiger partial charge in [0.1, 0.15) is 5.82 Å². The number of sulfone groups is 1. The van der Waals surface area contributed by atoms with E-state index in [1.807, 2.05) is 24.3 Å². The lowest BCUT2D eigenvalue weighted by Crippen LogP contribution is -2.29. The molecule has 0 unspecified atom stereocenters. The van der Waals surface area contributed by atoms with Crippen LogP contribution in [0.4, 0.5) is 0 Å². The molecule has 6 heteroatoms. The zero-order valence-corrected chi connectivity index (χ0v) is 16.6. The molecule has 27 heavy (non-hydrogen) atoms. The van der Waals surface area contributed by atoms with Gasteiger partial charge in [0.05, 0.1) is 15.9 Å². The average molecular weight is 384 g/mol. The summed E-state index contributed by atoms with van der Waals surface area (Å²) in [5.41, 5.74) is 4.03. The number of imidazole rings is 1. The van der Waals surface area contributed by atoms with Gasteiger partial charge in [-0.1, -0.05) is 18.2 Å². The van der Waals surface area contributed by atoms with Crippen LogP contribution in [-0.4, -0.2) is 48.7 Å². The molecule has 2 heterocycles. The molecular formula is C21H25N3O2S. The van der Waals surface area contributed by atoms with Gasteiger partial charge in [-0.25, -0.2) is 13.4 Å². The Balaban J connectivity index is 1.53. The van der Waals surface area contributed by atoms with E-state index in [0.717, 1.165) is 41.0 Å². The van der Waals surface area contributed by atoms with E-state index in [1.165, 1.54) is 25.6 Å². The smallest absolute Gasteiger partial charge is 0.175 e. The first-order valence-corrected chi connectivity index (χ1v) is 11.3. The molecule has 1 aliphatic heterocycles. The minimum Gasteiger partial charge on any atom is -0.342 e. The number of hydrogen-bond acceptors (Lipinski definition) is 4. The zero-order valence-electron chi connectivity index (χ0n) is 15.8. The number of aromatic nitrogens is 2. The van der Waals surface area contributed by atoms with Crippen molar-refractivity contribution in [1.29, 1.82) is 0 Å². The van der Waals surface area contributed by atoms with Crippen LogP contribution < -0.4 is 0 Å². The van der Waals surface area contributed by atoms with Crippen LogP contribution in [-0.2, 0) is 16.3 Å². The fourth-order valence-corrected chi connectivity index (χ4v) is 4.46. The van der Waals surface area contributed by atoms with Crippen LogP contribution >= 0.6 is 0 Å². The number of aromatic amines is 1. The highest BCUT2D eigenvalue weighted by molar-refractivity contribution is 7.90. The second-order valence-electron chi connectivity index (χ2n) is 7.49. The van der Waals surface area contributed by atoms with Crippen molar-refractivity contribution < 1.29 is 8.42 Å². The second kappa shape index (κ2) is 7.09. The molecule has 5 nitrogen and oxygen atoms in total. The lowest BCUT2D eigenvalue weighted by molar-refractivity contribution is 0.271. The molecule has 0 amide bonds. The minimum absolute atomic E-state index is 0.340. The summed E-state index contributed by atoms with van der Waals surface area (Å²) >= 11 is 0. The largest absolute Gasteiger partial charge is 0.342 e. The first-order chi connectivity index (χ1) is 12.9. The summed E-state index contributed by atoms with van der Waals surface area (Å²) in [4.78, 5) is 11.0. The van der Waals surface area contributed by atoms with Crippen molar-refractivity contribution in [3.8, 4) is 11.1 Å². The SMILES string of the molecule is C[C@@H]1CCCN1CCc1nc2ccc(-c3ccc(S(C)(=O)=O)cc3)cc2[nH]1. The quantitative estimate of drug-likeness (QED) is 0.730. The van der Waals surface area contributed by atoms with Gasteiger partial charge in [0, 0.05) is 25.3 Å². The summed E-state index contributed by atoms with van der Waals surface area (Å²) < 4.78 is 23.2. The molecule has 1 saturated heterocycles. The topological polar surface area (TPSA) is 66.1 Å². The van der Waals surface area contributed by atoms with Gasteiger partial charge in [-0.2, -0.15) is 0 Å². The summed E-state index contributed by atoms with van der Waals surface area (Å²) in [6.07, 6.45) is 4.74. The van der Waals surface area contributed by atoms with Gasteiger partial charge >= 0.3 is 0 Å². The van der Waals surface area contributed by atoms with Crippen molar-refractivity contribution in [1.82, 2.24) is 14.9 Å². The lowest BCUT2D eigenvalue weighted by atomic mass is 10.1. The van der Waals surface area contributed by atoms with E-state index < -0.39 is 9.84 Å².